The van der Waals surface area contributed by atoms with Crippen molar-refractivity contribution in [2.75, 3.05) is 0 Å². The second kappa shape index (κ2) is 8.03. The van der Waals surface area contributed by atoms with Crippen molar-refractivity contribution < 1.29 is 18.7 Å². The molecule has 1 aliphatic rings. The highest BCUT2D eigenvalue weighted by Crippen LogP contribution is 2.39. The number of Topliss-reactive ketones (excluding diaryl/α,β-unsaturated/α-hetero) is 1. The van der Waals surface area contributed by atoms with Crippen LogP contribution in [0.1, 0.15) is 53.4 Å². The highest BCUT2D eigenvalue weighted by molar-refractivity contribution is 6.14. The lowest BCUT2D eigenvalue weighted by Gasteiger charge is -2.18. The molecule has 3 nitrogen and oxygen atoms in total. The molecule has 0 aromatic heterocycles. The summed E-state index contributed by atoms with van der Waals surface area (Å²) < 4.78 is 25.6. The number of ether oxygens (including phenoxy) is 2. The highest BCUT2D eigenvalue weighted by atomic mass is 19.1. The minimum absolute atomic E-state index is 0.0672. The van der Waals surface area contributed by atoms with Crippen molar-refractivity contribution in [3.8, 4) is 11.5 Å². The number of allylic oxidation sites excluding steroid dienone is 1. The molecule has 1 heterocycles. The molecule has 0 spiro atoms. The second-order valence-corrected chi connectivity index (χ2v) is 8.76. The summed E-state index contributed by atoms with van der Waals surface area (Å²) in [4.78, 5) is 12.8. The van der Waals surface area contributed by atoms with E-state index < -0.39 is 0 Å². The Kier molecular flexibility index (Phi) is 5.40. The van der Waals surface area contributed by atoms with Crippen LogP contribution in [0.2, 0.25) is 0 Å². The fraction of sp³-hybridized carbons (Fsp3) is 0.222. The van der Waals surface area contributed by atoms with Crippen LogP contribution in [-0.2, 0) is 12.0 Å². The molecular formula is C27H25FO3. The summed E-state index contributed by atoms with van der Waals surface area (Å²) in [5.74, 6) is 0.876. The molecule has 0 bridgehead atoms. The monoisotopic (exact) mass is 416 g/mol. The topological polar surface area (TPSA) is 35.5 Å². The Morgan fingerprint density at radius 3 is 2.39 bits per heavy atom. The van der Waals surface area contributed by atoms with Crippen LogP contribution < -0.4 is 9.47 Å². The first kappa shape index (κ1) is 20.9. The van der Waals surface area contributed by atoms with Gasteiger partial charge < -0.3 is 9.47 Å². The van der Waals surface area contributed by atoms with Crippen molar-refractivity contribution >= 4 is 11.9 Å². The van der Waals surface area contributed by atoms with E-state index in [-0.39, 0.29) is 29.4 Å². The first-order valence-corrected chi connectivity index (χ1v) is 10.3. The summed E-state index contributed by atoms with van der Waals surface area (Å²) in [5.41, 5.74) is 3.89. The van der Waals surface area contributed by atoms with Gasteiger partial charge in [-0.15, -0.1) is 0 Å². The lowest BCUT2D eigenvalue weighted by molar-refractivity contribution is 0.101. The van der Waals surface area contributed by atoms with Gasteiger partial charge in [0.15, 0.2) is 5.76 Å². The molecule has 0 aliphatic carbocycles. The van der Waals surface area contributed by atoms with Crippen molar-refractivity contribution in [3.63, 3.8) is 0 Å². The van der Waals surface area contributed by atoms with Gasteiger partial charge in [-0.2, -0.15) is 0 Å². The van der Waals surface area contributed by atoms with Gasteiger partial charge in [0.2, 0.25) is 5.78 Å². The van der Waals surface area contributed by atoms with E-state index in [0.717, 1.165) is 5.56 Å². The Bertz CT molecular complexity index is 1170. The average molecular weight is 416 g/mol. The Morgan fingerprint density at radius 1 is 1.00 bits per heavy atom. The van der Waals surface area contributed by atoms with Crippen LogP contribution >= 0.6 is 0 Å². The van der Waals surface area contributed by atoms with Gasteiger partial charge in [-0.3, -0.25) is 4.79 Å². The van der Waals surface area contributed by atoms with Crippen molar-refractivity contribution in [3.05, 3.63) is 100 Å². The maximum absolute atomic E-state index is 13.9. The molecule has 1 aliphatic heterocycles. The van der Waals surface area contributed by atoms with Crippen molar-refractivity contribution in [1.29, 1.82) is 0 Å². The Hall–Kier alpha value is -3.40. The summed E-state index contributed by atoms with van der Waals surface area (Å²) in [6.07, 6.45) is 1.76. The fourth-order valence-corrected chi connectivity index (χ4v) is 3.53. The minimum atomic E-state index is -0.310. The van der Waals surface area contributed by atoms with Crippen LogP contribution in [0, 0.1) is 12.7 Å². The Labute approximate surface area is 182 Å². The molecule has 0 radical (unpaired) electrons. The number of carbonyl (C=O) groups is 1. The van der Waals surface area contributed by atoms with E-state index in [0.29, 0.717) is 28.2 Å². The van der Waals surface area contributed by atoms with E-state index in [1.165, 1.54) is 11.6 Å². The van der Waals surface area contributed by atoms with Crippen LogP contribution in [0.4, 0.5) is 4.39 Å². The van der Waals surface area contributed by atoms with Crippen LogP contribution in [0.15, 0.2) is 66.4 Å². The van der Waals surface area contributed by atoms with Gasteiger partial charge >= 0.3 is 0 Å². The molecule has 3 aromatic carbocycles. The second-order valence-electron chi connectivity index (χ2n) is 8.76. The summed E-state index contributed by atoms with van der Waals surface area (Å²) in [7, 11) is 0. The van der Waals surface area contributed by atoms with Gasteiger partial charge in [0.25, 0.3) is 0 Å². The van der Waals surface area contributed by atoms with Crippen molar-refractivity contribution in [2.45, 2.75) is 39.7 Å². The van der Waals surface area contributed by atoms with Crippen molar-refractivity contribution in [2.24, 2.45) is 0 Å². The predicted molar refractivity (Wildman–Crippen MR) is 120 cm³/mol. The molecule has 0 saturated heterocycles. The zero-order chi connectivity index (χ0) is 22.2. The van der Waals surface area contributed by atoms with Gasteiger partial charge in [-0.1, -0.05) is 63.2 Å². The molecule has 0 fully saturated rings. The quantitative estimate of drug-likeness (QED) is 0.448. The van der Waals surface area contributed by atoms with Crippen LogP contribution in [0.3, 0.4) is 0 Å². The normalized spacial score (nSPS) is 14.5. The van der Waals surface area contributed by atoms with Gasteiger partial charge in [0, 0.05) is 11.1 Å². The smallest absolute Gasteiger partial charge is 0.231 e. The average Bonchev–Trinajstić information content (AvgIpc) is 3.05. The van der Waals surface area contributed by atoms with Gasteiger partial charge in [0.1, 0.15) is 23.9 Å². The molecule has 0 atom stereocenters. The molecule has 0 amide bonds. The van der Waals surface area contributed by atoms with Gasteiger partial charge in [-0.05, 0) is 47.7 Å². The molecule has 3 aromatic rings. The maximum atomic E-state index is 13.9. The third kappa shape index (κ3) is 4.24. The lowest BCUT2D eigenvalue weighted by Crippen LogP contribution is -2.10. The molecule has 4 heteroatoms. The van der Waals surface area contributed by atoms with E-state index in [9.17, 15) is 9.18 Å². The van der Waals surface area contributed by atoms with E-state index in [1.807, 2.05) is 19.1 Å². The zero-order valence-electron chi connectivity index (χ0n) is 18.2. The SMILES string of the molecule is Cc1c(OCc2ccccc2F)ccc2c1O/C(=C\c1ccc(C(C)(C)C)cc1)C2=O. The lowest BCUT2D eigenvalue weighted by atomic mass is 9.86. The van der Waals surface area contributed by atoms with Crippen molar-refractivity contribution in [1.82, 2.24) is 0 Å². The number of halogens is 1. The standard InChI is InChI=1S/C27H25FO3/c1-17-23(30-16-19-7-5-6-8-22(19)28)14-13-21-25(29)24(31-26(17)21)15-18-9-11-20(12-10-18)27(2,3)4/h5-15H,16H2,1-4H3/b24-15-. The summed E-state index contributed by atoms with van der Waals surface area (Å²) >= 11 is 0. The predicted octanol–water partition coefficient (Wildman–Crippen LogP) is 6.63. The number of benzene rings is 3. The largest absolute Gasteiger partial charge is 0.488 e. The molecular weight excluding hydrogens is 391 g/mol. The molecule has 4 rings (SSSR count). The maximum Gasteiger partial charge on any atom is 0.231 e. The Balaban J connectivity index is 1.55. The molecule has 0 N–H and O–H groups in total. The van der Waals surface area contributed by atoms with E-state index in [2.05, 4.69) is 32.9 Å². The third-order valence-corrected chi connectivity index (χ3v) is 5.45. The number of carbonyl (C=O) groups excluding carboxylic acids is 1. The first-order chi connectivity index (χ1) is 14.7. The summed E-state index contributed by atoms with van der Waals surface area (Å²) in [5, 5.41) is 0. The first-order valence-electron chi connectivity index (χ1n) is 10.3. The number of hydrogen-bond donors (Lipinski definition) is 0. The molecule has 31 heavy (non-hydrogen) atoms. The summed E-state index contributed by atoms with van der Waals surface area (Å²) in [6.45, 7) is 8.42. The van der Waals surface area contributed by atoms with E-state index >= 15 is 0 Å². The molecule has 0 saturated carbocycles. The number of rotatable bonds is 4. The van der Waals surface area contributed by atoms with Gasteiger partial charge in [0.05, 0.1) is 5.56 Å². The zero-order valence-corrected chi connectivity index (χ0v) is 18.2. The third-order valence-electron chi connectivity index (χ3n) is 5.45. The minimum Gasteiger partial charge on any atom is -0.488 e. The summed E-state index contributed by atoms with van der Waals surface area (Å²) in [6, 6.07) is 18.0. The number of fused-ring (bicyclic) bond motifs is 1. The van der Waals surface area contributed by atoms with E-state index in [4.69, 9.17) is 9.47 Å². The molecule has 158 valence electrons. The van der Waals surface area contributed by atoms with Crippen LogP contribution in [0.5, 0.6) is 11.5 Å². The van der Waals surface area contributed by atoms with Gasteiger partial charge in [-0.25, -0.2) is 4.39 Å². The fourth-order valence-electron chi connectivity index (χ4n) is 3.53. The van der Waals surface area contributed by atoms with Crippen LogP contribution in [-0.4, -0.2) is 5.78 Å². The Morgan fingerprint density at radius 2 is 1.71 bits per heavy atom. The highest BCUT2D eigenvalue weighted by Gasteiger charge is 2.30. The van der Waals surface area contributed by atoms with Crippen LogP contribution in [0.25, 0.3) is 6.08 Å². The molecule has 0 unspecified atom stereocenters. The number of hydrogen-bond acceptors (Lipinski definition) is 3. The van der Waals surface area contributed by atoms with E-state index in [1.54, 1.807) is 36.4 Å². The number of ketones is 1.